The van der Waals surface area contributed by atoms with E-state index in [4.69, 9.17) is 17.3 Å². The lowest BCUT2D eigenvalue weighted by Crippen LogP contribution is -2.03. The molecule has 0 unspecified atom stereocenters. The predicted molar refractivity (Wildman–Crippen MR) is 66.5 cm³/mol. The first-order valence-corrected chi connectivity index (χ1v) is 5.60. The molecule has 1 aromatic carbocycles. The third-order valence-electron chi connectivity index (χ3n) is 2.49. The highest BCUT2D eigenvalue weighted by molar-refractivity contribution is 6.32. The standard InChI is InChI=1S/C12H14ClN3/c1-8-4-2-3-5-9(8)11-12(13)16-10(15-11)6-7-14/h2-5H,6-7,14H2,1H3,(H,15,16). The fourth-order valence-electron chi connectivity index (χ4n) is 1.67. The largest absolute Gasteiger partial charge is 0.332 e. The van der Waals surface area contributed by atoms with Crippen LogP contribution in [-0.4, -0.2) is 16.5 Å². The summed E-state index contributed by atoms with van der Waals surface area (Å²) in [5.74, 6) is 0.839. The molecular weight excluding hydrogens is 222 g/mol. The van der Waals surface area contributed by atoms with E-state index in [1.165, 1.54) is 0 Å². The number of benzene rings is 1. The quantitative estimate of drug-likeness (QED) is 0.859. The Morgan fingerprint density at radius 2 is 2.12 bits per heavy atom. The predicted octanol–water partition coefficient (Wildman–Crippen LogP) is 2.54. The maximum absolute atomic E-state index is 6.13. The average molecular weight is 236 g/mol. The van der Waals surface area contributed by atoms with Gasteiger partial charge in [0.25, 0.3) is 0 Å². The third-order valence-corrected chi connectivity index (χ3v) is 2.76. The Morgan fingerprint density at radius 3 is 2.81 bits per heavy atom. The van der Waals surface area contributed by atoms with Crippen LogP contribution >= 0.6 is 11.6 Å². The molecule has 0 spiro atoms. The Kier molecular flexibility index (Phi) is 3.27. The fourth-order valence-corrected chi connectivity index (χ4v) is 1.92. The summed E-state index contributed by atoms with van der Waals surface area (Å²) in [7, 11) is 0. The Morgan fingerprint density at radius 1 is 1.38 bits per heavy atom. The van der Waals surface area contributed by atoms with Crippen LogP contribution in [0, 0.1) is 6.92 Å². The summed E-state index contributed by atoms with van der Waals surface area (Å²) in [5.41, 5.74) is 8.52. The third kappa shape index (κ3) is 2.10. The summed E-state index contributed by atoms with van der Waals surface area (Å²) in [6.07, 6.45) is 0.714. The number of nitrogens with zero attached hydrogens (tertiary/aromatic N) is 1. The molecule has 0 saturated carbocycles. The summed E-state index contributed by atoms with van der Waals surface area (Å²) in [6.45, 7) is 2.61. The molecule has 2 rings (SSSR count). The van der Waals surface area contributed by atoms with E-state index in [9.17, 15) is 0 Å². The molecule has 0 bridgehead atoms. The Hall–Kier alpha value is -1.32. The van der Waals surface area contributed by atoms with Crippen molar-refractivity contribution >= 4 is 11.6 Å². The van der Waals surface area contributed by atoms with Gasteiger partial charge in [-0.05, 0) is 19.0 Å². The van der Waals surface area contributed by atoms with Crippen molar-refractivity contribution in [3.05, 3.63) is 40.8 Å². The first kappa shape index (κ1) is 11.2. The minimum absolute atomic E-state index is 0.567. The van der Waals surface area contributed by atoms with Crippen LogP contribution in [0.5, 0.6) is 0 Å². The van der Waals surface area contributed by atoms with Gasteiger partial charge in [-0.15, -0.1) is 0 Å². The van der Waals surface area contributed by atoms with Crippen LogP contribution in [0.4, 0.5) is 0 Å². The molecular formula is C12H14ClN3. The molecule has 0 fully saturated rings. The first-order valence-electron chi connectivity index (χ1n) is 5.23. The smallest absolute Gasteiger partial charge is 0.134 e. The highest BCUT2D eigenvalue weighted by Crippen LogP contribution is 2.27. The van der Waals surface area contributed by atoms with E-state index in [1.54, 1.807) is 0 Å². The van der Waals surface area contributed by atoms with Gasteiger partial charge in [0.05, 0.1) is 0 Å². The number of aryl methyl sites for hydroxylation is 1. The Bertz CT molecular complexity index is 491. The Balaban J connectivity index is 2.44. The molecule has 4 heteroatoms. The van der Waals surface area contributed by atoms with Crippen molar-refractivity contribution in [3.63, 3.8) is 0 Å². The SMILES string of the molecule is Cc1ccccc1-c1nc(CCN)[nH]c1Cl. The van der Waals surface area contributed by atoms with E-state index in [0.29, 0.717) is 18.1 Å². The van der Waals surface area contributed by atoms with Crippen LogP contribution in [0.2, 0.25) is 5.15 Å². The van der Waals surface area contributed by atoms with Crippen molar-refractivity contribution in [1.82, 2.24) is 9.97 Å². The summed E-state index contributed by atoms with van der Waals surface area (Å²) in [6, 6.07) is 8.04. The molecule has 1 heterocycles. The average Bonchev–Trinajstić information content (AvgIpc) is 2.61. The summed E-state index contributed by atoms with van der Waals surface area (Å²) < 4.78 is 0. The molecule has 2 aromatic rings. The molecule has 0 aliphatic rings. The second-order valence-electron chi connectivity index (χ2n) is 3.70. The van der Waals surface area contributed by atoms with Crippen LogP contribution in [0.25, 0.3) is 11.3 Å². The van der Waals surface area contributed by atoms with Gasteiger partial charge in [0.1, 0.15) is 16.7 Å². The second-order valence-corrected chi connectivity index (χ2v) is 4.08. The van der Waals surface area contributed by atoms with Crippen molar-refractivity contribution < 1.29 is 0 Å². The molecule has 16 heavy (non-hydrogen) atoms. The zero-order chi connectivity index (χ0) is 11.5. The molecule has 0 aliphatic carbocycles. The molecule has 0 aliphatic heterocycles. The number of rotatable bonds is 3. The van der Waals surface area contributed by atoms with Gasteiger partial charge >= 0.3 is 0 Å². The maximum Gasteiger partial charge on any atom is 0.134 e. The molecule has 0 saturated heterocycles. The van der Waals surface area contributed by atoms with Gasteiger partial charge in [-0.2, -0.15) is 0 Å². The molecule has 3 N–H and O–H groups in total. The normalized spacial score (nSPS) is 10.7. The number of halogens is 1. The Labute approximate surface area is 99.7 Å². The van der Waals surface area contributed by atoms with Crippen LogP contribution in [0.3, 0.4) is 0 Å². The number of imidazole rings is 1. The van der Waals surface area contributed by atoms with Gasteiger partial charge < -0.3 is 10.7 Å². The lowest BCUT2D eigenvalue weighted by Gasteiger charge is -2.01. The number of nitrogens with one attached hydrogen (secondary N) is 1. The van der Waals surface area contributed by atoms with E-state index in [0.717, 1.165) is 22.6 Å². The minimum atomic E-state index is 0.567. The zero-order valence-corrected chi connectivity index (χ0v) is 9.88. The minimum Gasteiger partial charge on any atom is -0.332 e. The summed E-state index contributed by atoms with van der Waals surface area (Å²) in [5, 5.41) is 0.581. The van der Waals surface area contributed by atoms with E-state index in [-0.39, 0.29) is 0 Å². The zero-order valence-electron chi connectivity index (χ0n) is 9.13. The van der Waals surface area contributed by atoms with Crippen LogP contribution in [0.15, 0.2) is 24.3 Å². The van der Waals surface area contributed by atoms with Gasteiger partial charge in [0.15, 0.2) is 0 Å². The van der Waals surface area contributed by atoms with Crippen molar-refractivity contribution in [2.75, 3.05) is 6.54 Å². The number of aromatic amines is 1. The number of nitrogens with two attached hydrogens (primary N) is 1. The molecule has 0 atom stereocenters. The number of hydrogen-bond acceptors (Lipinski definition) is 2. The van der Waals surface area contributed by atoms with Gasteiger partial charge in [0.2, 0.25) is 0 Å². The number of H-pyrrole nitrogens is 1. The maximum atomic E-state index is 6.13. The molecule has 0 radical (unpaired) electrons. The fraction of sp³-hybridized carbons (Fsp3) is 0.250. The van der Waals surface area contributed by atoms with Crippen molar-refractivity contribution in [2.45, 2.75) is 13.3 Å². The lowest BCUT2D eigenvalue weighted by molar-refractivity contribution is 0.895. The van der Waals surface area contributed by atoms with Crippen molar-refractivity contribution in [3.8, 4) is 11.3 Å². The molecule has 0 amide bonds. The van der Waals surface area contributed by atoms with Gasteiger partial charge in [0, 0.05) is 12.0 Å². The topological polar surface area (TPSA) is 54.7 Å². The van der Waals surface area contributed by atoms with E-state index >= 15 is 0 Å². The van der Waals surface area contributed by atoms with E-state index in [1.807, 2.05) is 31.2 Å². The van der Waals surface area contributed by atoms with Crippen LogP contribution in [-0.2, 0) is 6.42 Å². The summed E-state index contributed by atoms with van der Waals surface area (Å²) >= 11 is 6.13. The first-order chi connectivity index (χ1) is 7.72. The number of hydrogen-bond donors (Lipinski definition) is 2. The number of aromatic nitrogens is 2. The monoisotopic (exact) mass is 235 g/mol. The molecule has 3 nitrogen and oxygen atoms in total. The lowest BCUT2D eigenvalue weighted by atomic mass is 10.1. The summed E-state index contributed by atoms with van der Waals surface area (Å²) in [4.78, 5) is 7.51. The van der Waals surface area contributed by atoms with E-state index in [2.05, 4.69) is 9.97 Å². The van der Waals surface area contributed by atoms with Gasteiger partial charge in [-0.1, -0.05) is 35.9 Å². The van der Waals surface area contributed by atoms with Crippen LogP contribution in [0.1, 0.15) is 11.4 Å². The van der Waals surface area contributed by atoms with Gasteiger partial charge in [-0.3, -0.25) is 0 Å². The second kappa shape index (κ2) is 4.68. The highest BCUT2D eigenvalue weighted by atomic mass is 35.5. The van der Waals surface area contributed by atoms with Crippen LogP contribution < -0.4 is 5.73 Å². The highest BCUT2D eigenvalue weighted by Gasteiger charge is 2.11. The van der Waals surface area contributed by atoms with Gasteiger partial charge in [-0.25, -0.2) is 4.98 Å². The molecule has 1 aromatic heterocycles. The van der Waals surface area contributed by atoms with Crippen molar-refractivity contribution in [2.24, 2.45) is 5.73 Å². The van der Waals surface area contributed by atoms with Crippen molar-refractivity contribution in [1.29, 1.82) is 0 Å². The van der Waals surface area contributed by atoms with E-state index < -0.39 is 0 Å². The molecule has 84 valence electrons.